The first-order chi connectivity index (χ1) is 15.5. The molecule has 1 amide bonds. The number of rotatable bonds is 10. The van der Waals surface area contributed by atoms with Crippen molar-refractivity contribution in [3.05, 3.63) is 72.1 Å². The van der Waals surface area contributed by atoms with Gasteiger partial charge in [0.2, 0.25) is 5.91 Å². The van der Waals surface area contributed by atoms with Crippen LogP contribution in [0.3, 0.4) is 0 Å². The van der Waals surface area contributed by atoms with Crippen molar-refractivity contribution in [2.24, 2.45) is 5.73 Å². The summed E-state index contributed by atoms with van der Waals surface area (Å²) in [6.07, 6.45) is 3.70. The van der Waals surface area contributed by atoms with Gasteiger partial charge in [0, 0.05) is 42.9 Å². The van der Waals surface area contributed by atoms with Crippen LogP contribution in [-0.4, -0.2) is 34.5 Å². The maximum atomic E-state index is 12.8. The van der Waals surface area contributed by atoms with E-state index >= 15 is 0 Å². The minimum Gasteiger partial charge on any atom is -0.481 e. The van der Waals surface area contributed by atoms with Crippen LogP contribution in [0.15, 0.2) is 60.9 Å². The number of amides is 1. The minimum absolute atomic E-state index is 0. The van der Waals surface area contributed by atoms with Crippen LogP contribution >= 0.6 is 24.8 Å². The molecule has 1 aromatic heterocycles. The summed E-state index contributed by atoms with van der Waals surface area (Å²) in [5.41, 5.74) is 8.07. The molecular formula is C24H27Cl2N3O5. The number of pyridine rings is 1. The number of carboxylic acids is 1. The van der Waals surface area contributed by atoms with Crippen LogP contribution in [0, 0.1) is 0 Å². The number of benzene rings is 2. The predicted molar refractivity (Wildman–Crippen MR) is 134 cm³/mol. The molecule has 0 unspecified atom stereocenters. The van der Waals surface area contributed by atoms with Gasteiger partial charge in [-0.15, -0.1) is 24.8 Å². The molecule has 0 saturated carbocycles. The highest BCUT2D eigenvalue weighted by Crippen LogP contribution is 2.22. The quantitative estimate of drug-likeness (QED) is 0.352. The second-order valence-corrected chi connectivity index (χ2v) is 7.36. The van der Waals surface area contributed by atoms with E-state index in [0.29, 0.717) is 5.69 Å². The van der Waals surface area contributed by atoms with Crippen molar-refractivity contribution >= 4 is 59.1 Å². The average Bonchev–Trinajstić information content (AvgIpc) is 2.78. The van der Waals surface area contributed by atoms with Gasteiger partial charge in [-0.2, -0.15) is 0 Å². The number of nitrogens with one attached hydrogen (secondary N) is 1. The molecule has 10 heteroatoms. The standard InChI is InChI=1S/C24H25N3O5.2ClH/c25-13-21(24(31)27-20-9-8-19-14-26-11-10-18(19)12-20)17-6-4-16(5-7-17)15-32-23(30)3-1-2-22(28)29;;/h4-12,14,21H,1-3,13,15,25H2,(H,27,31)(H,28,29);2*1H/t21-;;/m1../s1. The third-order valence-electron chi connectivity index (χ3n) is 5.01. The van der Waals surface area contributed by atoms with Gasteiger partial charge in [0.1, 0.15) is 6.61 Å². The Morgan fingerprint density at radius 2 is 1.74 bits per heavy atom. The van der Waals surface area contributed by atoms with Gasteiger partial charge < -0.3 is 20.9 Å². The lowest BCUT2D eigenvalue weighted by molar-refractivity contribution is -0.145. The summed E-state index contributed by atoms with van der Waals surface area (Å²) >= 11 is 0. The van der Waals surface area contributed by atoms with E-state index in [-0.39, 0.29) is 63.1 Å². The second-order valence-electron chi connectivity index (χ2n) is 7.36. The number of anilines is 1. The third kappa shape index (κ3) is 8.30. The Balaban J connectivity index is 0.00000289. The van der Waals surface area contributed by atoms with Gasteiger partial charge in [-0.25, -0.2) is 0 Å². The van der Waals surface area contributed by atoms with Gasteiger partial charge in [0.05, 0.1) is 5.92 Å². The summed E-state index contributed by atoms with van der Waals surface area (Å²) in [5.74, 6) is -2.13. The van der Waals surface area contributed by atoms with Crippen molar-refractivity contribution in [1.82, 2.24) is 4.98 Å². The van der Waals surface area contributed by atoms with E-state index < -0.39 is 17.9 Å². The molecule has 1 heterocycles. The topological polar surface area (TPSA) is 132 Å². The Morgan fingerprint density at radius 3 is 2.41 bits per heavy atom. The van der Waals surface area contributed by atoms with Gasteiger partial charge in [0.15, 0.2) is 0 Å². The molecule has 182 valence electrons. The summed E-state index contributed by atoms with van der Waals surface area (Å²) in [4.78, 5) is 39.1. The van der Waals surface area contributed by atoms with Crippen LogP contribution in [-0.2, 0) is 25.7 Å². The molecule has 0 radical (unpaired) electrons. The first-order valence-corrected chi connectivity index (χ1v) is 10.3. The zero-order valence-corrected chi connectivity index (χ0v) is 19.9. The fourth-order valence-electron chi connectivity index (χ4n) is 3.25. The van der Waals surface area contributed by atoms with Crippen molar-refractivity contribution in [2.45, 2.75) is 31.8 Å². The molecule has 0 saturated heterocycles. The van der Waals surface area contributed by atoms with Crippen molar-refractivity contribution in [3.8, 4) is 0 Å². The first kappa shape index (κ1) is 28.8. The molecule has 34 heavy (non-hydrogen) atoms. The number of nitrogens with two attached hydrogens (primary N) is 1. The Hall–Kier alpha value is -3.20. The molecule has 0 bridgehead atoms. The SMILES string of the molecule is Cl.Cl.NC[C@@H](C(=O)Nc1ccc2cnccc2c1)c1ccc(COC(=O)CCCC(=O)O)cc1. The zero-order valence-electron chi connectivity index (χ0n) is 18.3. The van der Waals surface area contributed by atoms with Crippen LogP contribution in [0.1, 0.15) is 36.3 Å². The van der Waals surface area contributed by atoms with Crippen LogP contribution in [0.5, 0.6) is 0 Å². The molecule has 3 rings (SSSR count). The highest BCUT2D eigenvalue weighted by molar-refractivity contribution is 5.98. The van der Waals surface area contributed by atoms with E-state index in [9.17, 15) is 14.4 Å². The fourth-order valence-corrected chi connectivity index (χ4v) is 3.25. The number of hydrogen-bond donors (Lipinski definition) is 3. The lowest BCUT2D eigenvalue weighted by Gasteiger charge is -2.16. The molecule has 0 spiro atoms. The Kier molecular flexibility index (Phi) is 12.0. The summed E-state index contributed by atoms with van der Waals surface area (Å²) in [6.45, 7) is 0.221. The van der Waals surface area contributed by atoms with Gasteiger partial charge in [-0.3, -0.25) is 19.4 Å². The molecule has 0 aliphatic rings. The van der Waals surface area contributed by atoms with Crippen molar-refractivity contribution in [2.75, 3.05) is 11.9 Å². The summed E-state index contributed by atoms with van der Waals surface area (Å²) in [5, 5.41) is 13.5. The lowest BCUT2D eigenvalue weighted by Crippen LogP contribution is -2.27. The average molecular weight is 508 g/mol. The number of carbonyl (C=O) groups excluding carboxylic acids is 2. The number of aromatic nitrogens is 1. The number of halogens is 2. The number of hydrogen-bond acceptors (Lipinski definition) is 6. The number of carbonyl (C=O) groups is 3. The van der Waals surface area contributed by atoms with Gasteiger partial charge in [-0.05, 0) is 41.1 Å². The maximum absolute atomic E-state index is 12.8. The van der Waals surface area contributed by atoms with E-state index in [0.717, 1.165) is 21.9 Å². The maximum Gasteiger partial charge on any atom is 0.306 e. The summed E-state index contributed by atoms with van der Waals surface area (Å²) < 4.78 is 5.16. The highest BCUT2D eigenvalue weighted by atomic mass is 35.5. The minimum atomic E-state index is -0.940. The molecule has 0 fully saturated rings. The summed E-state index contributed by atoms with van der Waals surface area (Å²) in [6, 6.07) is 14.6. The largest absolute Gasteiger partial charge is 0.481 e. The van der Waals surface area contributed by atoms with E-state index in [1.165, 1.54) is 0 Å². The van der Waals surface area contributed by atoms with Crippen LogP contribution in [0.25, 0.3) is 10.8 Å². The van der Waals surface area contributed by atoms with Crippen LogP contribution < -0.4 is 11.1 Å². The molecule has 4 N–H and O–H groups in total. The number of nitrogens with zero attached hydrogens (tertiary/aromatic N) is 1. The Bertz CT molecular complexity index is 1110. The van der Waals surface area contributed by atoms with E-state index in [1.807, 2.05) is 24.3 Å². The van der Waals surface area contributed by atoms with E-state index in [2.05, 4.69) is 10.3 Å². The number of ether oxygens (including phenoxy) is 1. The van der Waals surface area contributed by atoms with Crippen molar-refractivity contribution < 1.29 is 24.2 Å². The highest BCUT2D eigenvalue weighted by Gasteiger charge is 2.19. The molecular weight excluding hydrogens is 481 g/mol. The van der Waals surface area contributed by atoms with Gasteiger partial charge >= 0.3 is 11.9 Å². The third-order valence-corrected chi connectivity index (χ3v) is 5.01. The monoisotopic (exact) mass is 507 g/mol. The van der Waals surface area contributed by atoms with Crippen molar-refractivity contribution in [1.29, 1.82) is 0 Å². The number of fused-ring (bicyclic) bond motifs is 1. The van der Waals surface area contributed by atoms with E-state index in [4.69, 9.17) is 15.6 Å². The molecule has 8 nitrogen and oxygen atoms in total. The fraction of sp³-hybridized carbons (Fsp3) is 0.250. The number of esters is 1. The van der Waals surface area contributed by atoms with E-state index in [1.54, 1.807) is 36.7 Å². The van der Waals surface area contributed by atoms with Crippen molar-refractivity contribution in [3.63, 3.8) is 0 Å². The Morgan fingerprint density at radius 1 is 1.00 bits per heavy atom. The molecule has 0 aliphatic carbocycles. The molecule has 1 atom stereocenters. The lowest BCUT2D eigenvalue weighted by atomic mass is 9.97. The normalized spacial score (nSPS) is 11.0. The first-order valence-electron chi connectivity index (χ1n) is 10.3. The van der Waals surface area contributed by atoms with Crippen LogP contribution in [0.2, 0.25) is 0 Å². The predicted octanol–water partition coefficient (Wildman–Crippen LogP) is 4.06. The second kappa shape index (κ2) is 14.1. The molecule has 2 aromatic carbocycles. The number of carboxylic acid groups (broad SMARTS) is 1. The van der Waals surface area contributed by atoms with Crippen LogP contribution in [0.4, 0.5) is 5.69 Å². The molecule has 3 aromatic rings. The smallest absolute Gasteiger partial charge is 0.306 e. The zero-order chi connectivity index (χ0) is 22.9. The van der Waals surface area contributed by atoms with Gasteiger partial charge in [0.25, 0.3) is 0 Å². The molecule has 0 aliphatic heterocycles. The summed E-state index contributed by atoms with van der Waals surface area (Å²) in [7, 11) is 0. The number of aliphatic carboxylic acids is 1. The van der Waals surface area contributed by atoms with Gasteiger partial charge in [-0.1, -0.05) is 30.3 Å². The Labute approximate surface area is 209 Å².